The van der Waals surface area contributed by atoms with Crippen molar-refractivity contribution in [2.45, 2.75) is 13.3 Å². The van der Waals surface area contributed by atoms with Gasteiger partial charge in [-0.25, -0.2) is 0 Å². The van der Waals surface area contributed by atoms with Gasteiger partial charge < -0.3 is 15.3 Å². The largest absolute Gasteiger partial charge is 0.805 e. The first-order chi connectivity index (χ1) is 8.56. The van der Waals surface area contributed by atoms with Crippen LogP contribution in [0.15, 0.2) is 24.3 Å². The van der Waals surface area contributed by atoms with E-state index < -0.39 is 0 Å². The summed E-state index contributed by atoms with van der Waals surface area (Å²) >= 11 is 0. The van der Waals surface area contributed by atoms with E-state index in [9.17, 15) is 14.9 Å². The van der Waals surface area contributed by atoms with E-state index in [1.165, 1.54) is 14.0 Å². The maximum absolute atomic E-state index is 12.1. The Morgan fingerprint density at radius 2 is 2.11 bits per heavy atom. The molecule has 1 N–H and O–H groups in total. The molecule has 1 aromatic heterocycles. The lowest BCUT2D eigenvalue weighted by Crippen LogP contribution is -2.32. The second kappa shape index (κ2) is 4.48. The van der Waals surface area contributed by atoms with Crippen LogP contribution in [0.4, 0.5) is 0 Å². The molecule has 0 radical (unpaired) electrons. The molecule has 1 heterocycles. The summed E-state index contributed by atoms with van der Waals surface area (Å²) in [5, 5.41) is 14.4. The Bertz CT molecular complexity index is 676. The smallest absolute Gasteiger partial charge is 0.286 e. The number of amides is 1. The van der Waals surface area contributed by atoms with Crippen LogP contribution in [0.25, 0.3) is 11.0 Å². The number of carbonyl (C=O) groups is 1. The van der Waals surface area contributed by atoms with E-state index in [1.54, 1.807) is 24.3 Å². The maximum atomic E-state index is 12.1. The third-order valence-corrected chi connectivity index (χ3v) is 2.89. The van der Waals surface area contributed by atoms with Crippen molar-refractivity contribution in [3.63, 3.8) is 0 Å². The molecule has 0 aliphatic carbocycles. The predicted molar refractivity (Wildman–Crippen MR) is 66.6 cm³/mol. The molecule has 18 heavy (non-hydrogen) atoms. The molecule has 0 atom stereocenters. The van der Waals surface area contributed by atoms with Gasteiger partial charge in [0.25, 0.3) is 11.2 Å². The van der Waals surface area contributed by atoms with E-state index in [2.05, 4.69) is 5.32 Å². The standard InChI is InChI=1S/C12H13N3O3/c1-8-11(7-12(16)13-2)15(18)10-6-4-3-5-9(10)14(8)17/h3-6H,7H2,1-2H3,(H,13,16). The number of benzene rings is 1. The Morgan fingerprint density at radius 1 is 1.44 bits per heavy atom. The lowest BCUT2D eigenvalue weighted by molar-refractivity contribution is -0.475. The first kappa shape index (κ1) is 12.1. The SMILES string of the molecule is CNC(=O)Cc1c(C)n([O-])c2ccccc2[n+]1=O. The molecule has 1 aromatic carbocycles. The van der Waals surface area contributed by atoms with Crippen molar-refractivity contribution >= 4 is 16.9 Å². The minimum absolute atomic E-state index is 0.112. The van der Waals surface area contributed by atoms with Crippen molar-refractivity contribution in [1.29, 1.82) is 0 Å². The van der Waals surface area contributed by atoms with Crippen LogP contribution in [0.5, 0.6) is 0 Å². The zero-order chi connectivity index (χ0) is 13.3. The molecule has 0 aliphatic heterocycles. The van der Waals surface area contributed by atoms with Crippen molar-refractivity contribution in [2.24, 2.45) is 0 Å². The van der Waals surface area contributed by atoms with Crippen LogP contribution in [0, 0.1) is 17.0 Å². The zero-order valence-electron chi connectivity index (χ0n) is 10.1. The number of hydrogen-bond acceptors (Lipinski definition) is 3. The molecule has 2 rings (SSSR count). The average Bonchev–Trinajstić information content (AvgIpc) is 2.40. The van der Waals surface area contributed by atoms with Crippen LogP contribution in [-0.2, 0) is 11.2 Å². The summed E-state index contributed by atoms with van der Waals surface area (Å²) in [6.07, 6.45) is -0.112. The van der Waals surface area contributed by atoms with Crippen LogP contribution >= 0.6 is 0 Å². The molecule has 0 saturated heterocycles. The highest BCUT2D eigenvalue weighted by Crippen LogP contribution is 2.13. The zero-order valence-corrected chi connectivity index (χ0v) is 10.1. The van der Waals surface area contributed by atoms with Crippen LogP contribution < -0.4 is 9.74 Å². The lowest BCUT2D eigenvalue weighted by atomic mass is 10.2. The van der Waals surface area contributed by atoms with Gasteiger partial charge >= 0.3 is 0 Å². The van der Waals surface area contributed by atoms with Gasteiger partial charge in [-0.3, -0.25) is 4.79 Å². The highest BCUT2D eigenvalue weighted by atomic mass is 16.5. The van der Waals surface area contributed by atoms with Gasteiger partial charge in [0, 0.05) is 18.0 Å². The molecule has 0 fully saturated rings. The molecule has 0 saturated carbocycles. The second-order valence-corrected chi connectivity index (χ2v) is 3.96. The molecule has 6 nitrogen and oxygen atoms in total. The van der Waals surface area contributed by atoms with Gasteiger partial charge in [0.1, 0.15) is 11.9 Å². The number of hydrogen-bond donors (Lipinski definition) is 1. The van der Waals surface area contributed by atoms with Crippen molar-refractivity contribution < 1.29 is 9.22 Å². The Morgan fingerprint density at radius 3 is 2.78 bits per heavy atom. The molecule has 6 heteroatoms. The number of nitrogens with one attached hydrogen (secondary N) is 1. The van der Waals surface area contributed by atoms with E-state index in [0.717, 1.165) is 0 Å². The van der Waals surface area contributed by atoms with E-state index in [-0.39, 0.29) is 29.2 Å². The number of para-hydroxylation sites is 2. The van der Waals surface area contributed by atoms with Gasteiger partial charge in [0.2, 0.25) is 5.91 Å². The average molecular weight is 247 g/mol. The number of fused-ring (bicyclic) bond motifs is 1. The maximum Gasteiger partial charge on any atom is 0.286 e. The van der Waals surface area contributed by atoms with Crippen molar-refractivity contribution in [3.8, 4) is 0 Å². The molecule has 2 aromatic rings. The molecular weight excluding hydrogens is 234 g/mol. The Labute approximate surface area is 103 Å². The number of rotatable bonds is 2. The fourth-order valence-corrected chi connectivity index (χ4v) is 1.84. The van der Waals surface area contributed by atoms with Gasteiger partial charge in [0.15, 0.2) is 0 Å². The molecule has 0 bridgehead atoms. The minimum Gasteiger partial charge on any atom is -0.805 e. The second-order valence-electron chi connectivity index (χ2n) is 3.96. The quantitative estimate of drug-likeness (QED) is 0.785. The topological polar surface area (TPSA) is 80.1 Å². The van der Waals surface area contributed by atoms with Crippen LogP contribution in [0.2, 0.25) is 0 Å². The third-order valence-electron chi connectivity index (χ3n) is 2.89. The van der Waals surface area contributed by atoms with Crippen LogP contribution in [0.1, 0.15) is 11.4 Å². The molecule has 94 valence electrons. The molecule has 0 spiro atoms. The van der Waals surface area contributed by atoms with Gasteiger partial charge in [-0.05, 0) is 13.0 Å². The predicted octanol–water partition coefficient (Wildman–Crippen LogP) is 0.499. The number of carbonyl (C=O) groups excluding carboxylic acids is 1. The summed E-state index contributed by atoms with van der Waals surface area (Å²) in [6.45, 7) is 1.53. The summed E-state index contributed by atoms with van der Waals surface area (Å²) in [7, 11) is 1.49. The number of likely N-dealkylation sites (N-methyl/N-ethyl adjacent to an activating group) is 1. The number of aromatic nitrogens is 2. The van der Waals surface area contributed by atoms with Crippen molar-refractivity contribution in [3.05, 3.63) is 45.8 Å². The highest BCUT2D eigenvalue weighted by Gasteiger charge is 2.21. The molecule has 1 amide bonds. The highest BCUT2D eigenvalue weighted by molar-refractivity contribution is 5.78. The third kappa shape index (κ3) is 1.81. The Hall–Kier alpha value is -2.37. The summed E-state index contributed by atoms with van der Waals surface area (Å²) < 4.78 is 1.33. The van der Waals surface area contributed by atoms with E-state index in [1.807, 2.05) is 0 Å². The Kier molecular flexibility index (Phi) is 3.01. The fraction of sp³-hybridized carbons (Fsp3) is 0.250. The fourth-order valence-electron chi connectivity index (χ4n) is 1.84. The summed E-state index contributed by atoms with van der Waals surface area (Å²) in [5.41, 5.74) is 0.970. The lowest BCUT2D eigenvalue weighted by Gasteiger charge is -2.16. The van der Waals surface area contributed by atoms with Gasteiger partial charge in [-0.15, -0.1) is 0 Å². The minimum atomic E-state index is -0.307. The summed E-state index contributed by atoms with van der Waals surface area (Å²) in [4.78, 5) is 23.5. The van der Waals surface area contributed by atoms with E-state index in [4.69, 9.17) is 0 Å². The van der Waals surface area contributed by atoms with Gasteiger partial charge in [0.05, 0.1) is 10.1 Å². The summed E-state index contributed by atoms with van der Waals surface area (Å²) in [6, 6.07) is 6.50. The van der Waals surface area contributed by atoms with Crippen LogP contribution in [-0.4, -0.2) is 17.7 Å². The van der Waals surface area contributed by atoms with Crippen molar-refractivity contribution in [1.82, 2.24) is 10.0 Å². The van der Waals surface area contributed by atoms with E-state index >= 15 is 0 Å². The monoisotopic (exact) mass is 247 g/mol. The summed E-state index contributed by atoms with van der Waals surface area (Å²) in [5.74, 6) is -0.307. The molecule has 0 unspecified atom stereocenters. The van der Waals surface area contributed by atoms with Gasteiger partial charge in [-0.1, -0.05) is 12.1 Å². The first-order valence-corrected chi connectivity index (χ1v) is 5.50. The van der Waals surface area contributed by atoms with Crippen molar-refractivity contribution in [2.75, 3.05) is 7.05 Å². The van der Waals surface area contributed by atoms with Gasteiger partial charge in [-0.2, -0.15) is 0 Å². The van der Waals surface area contributed by atoms with E-state index in [0.29, 0.717) is 14.7 Å². The van der Waals surface area contributed by atoms with Crippen LogP contribution in [0.3, 0.4) is 0 Å². The first-order valence-electron chi connectivity index (χ1n) is 5.50. The molecule has 0 aliphatic rings. The molecular formula is C12H13N3O3. The number of nitrogens with zero attached hydrogens (tertiary/aromatic N) is 2. The normalized spacial score (nSPS) is 10.6. The Balaban J connectivity index is 2.75.